The minimum Gasteiger partial charge on any atom is -0.462 e. The molecule has 2 rings (SSSR count). The smallest absolute Gasteiger partial charge is 0.338 e. The maximum Gasteiger partial charge on any atom is 0.338 e. The van der Waals surface area contributed by atoms with Crippen molar-refractivity contribution in [3.8, 4) is 0 Å². The highest BCUT2D eigenvalue weighted by atomic mass is 32.1. The van der Waals surface area contributed by atoms with E-state index in [1.807, 2.05) is 13.8 Å². The third-order valence-electron chi connectivity index (χ3n) is 3.47. The molecule has 0 unspecified atom stereocenters. The highest BCUT2D eigenvalue weighted by molar-refractivity contribution is 7.80. The van der Waals surface area contributed by atoms with Gasteiger partial charge in [-0.3, -0.25) is 10.1 Å². The SMILES string of the molecule is CC1=C(C(=O)OCC(C)C)[C@@H](c2ccc([N+](=O)[O-])cc2)NC(=S)N1. The summed E-state index contributed by atoms with van der Waals surface area (Å²) in [6.07, 6.45) is 0. The Kier molecular flexibility index (Phi) is 5.50. The number of allylic oxidation sites excluding steroid dienone is 1. The molecule has 1 aromatic carbocycles. The Balaban J connectivity index is 2.33. The highest BCUT2D eigenvalue weighted by Gasteiger charge is 2.31. The molecule has 1 aliphatic rings. The molecular weight excluding hydrogens is 330 g/mol. The van der Waals surface area contributed by atoms with Crippen molar-refractivity contribution in [2.75, 3.05) is 6.61 Å². The van der Waals surface area contributed by atoms with E-state index in [1.54, 1.807) is 19.1 Å². The first kappa shape index (κ1) is 17.9. The van der Waals surface area contributed by atoms with Crippen LogP contribution in [0.3, 0.4) is 0 Å². The fraction of sp³-hybridized carbons (Fsp3) is 0.375. The molecule has 8 heteroatoms. The molecule has 0 saturated carbocycles. The lowest BCUT2D eigenvalue weighted by Crippen LogP contribution is -2.45. The van der Waals surface area contributed by atoms with Crippen molar-refractivity contribution in [2.24, 2.45) is 5.92 Å². The van der Waals surface area contributed by atoms with E-state index in [0.717, 1.165) is 0 Å². The van der Waals surface area contributed by atoms with E-state index >= 15 is 0 Å². The number of benzene rings is 1. The molecule has 128 valence electrons. The maximum absolute atomic E-state index is 12.5. The molecule has 0 bridgehead atoms. The third-order valence-corrected chi connectivity index (χ3v) is 3.69. The predicted octanol–water partition coefficient (Wildman–Crippen LogP) is 2.59. The summed E-state index contributed by atoms with van der Waals surface area (Å²) >= 11 is 5.16. The second-order valence-corrected chi connectivity index (χ2v) is 6.32. The van der Waals surface area contributed by atoms with E-state index in [1.165, 1.54) is 12.1 Å². The predicted molar refractivity (Wildman–Crippen MR) is 93.2 cm³/mol. The van der Waals surface area contributed by atoms with Gasteiger partial charge in [0.2, 0.25) is 0 Å². The van der Waals surface area contributed by atoms with Crippen LogP contribution in [0, 0.1) is 16.0 Å². The van der Waals surface area contributed by atoms with Gasteiger partial charge in [-0.15, -0.1) is 0 Å². The van der Waals surface area contributed by atoms with Gasteiger partial charge in [-0.05, 0) is 42.8 Å². The molecule has 0 amide bonds. The van der Waals surface area contributed by atoms with Gasteiger partial charge in [0.25, 0.3) is 5.69 Å². The lowest BCUT2D eigenvalue weighted by atomic mass is 9.95. The van der Waals surface area contributed by atoms with E-state index in [0.29, 0.717) is 28.6 Å². The van der Waals surface area contributed by atoms with E-state index in [4.69, 9.17) is 17.0 Å². The number of hydrogen-bond donors (Lipinski definition) is 2. The van der Waals surface area contributed by atoms with Crippen LogP contribution in [0.25, 0.3) is 0 Å². The number of nitro groups is 1. The van der Waals surface area contributed by atoms with E-state index < -0.39 is 16.9 Å². The standard InChI is InChI=1S/C16H19N3O4S/c1-9(2)8-23-15(20)13-10(3)17-16(24)18-14(13)11-4-6-12(7-5-11)19(21)22/h4-7,9,14H,8H2,1-3H3,(H2,17,18,24)/t14-/m1/s1. The van der Waals surface area contributed by atoms with Crippen LogP contribution in [-0.2, 0) is 9.53 Å². The Labute approximate surface area is 145 Å². The van der Waals surface area contributed by atoms with Gasteiger partial charge in [0.05, 0.1) is 23.1 Å². The Morgan fingerprint density at radius 2 is 2.00 bits per heavy atom. The van der Waals surface area contributed by atoms with Gasteiger partial charge < -0.3 is 15.4 Å². The zero-order valence-corrected chi connectivity index (χ0v) is 14.5. The lowest BCUT2D eigenvalue weighted by molar-refractivity contribution is -0.384. The summed E-state index contributed by atoms with van der Waals surface area (Å²) in [5.41, 5.74) is 1.70. The van der Waals surface area contributed by atoms with Crippen LogP contribution in [0.1, 0.15) is 32.4 Å². The summed E-state index contributed by atoms with van der Waals surface area (Å²) in [6.45, 7) is 5.97. The Bertz CT molecular complexity index is 698. The maximum atomic E-state index is 12.5. The fourth-order valence-electron chi connectivity index (χ4n) is 2.32. The fourth-order valence-corrected chi connectivity index (χ4v) is 2.59. The molecule has 1 atom stereocenters. The van der Waals surface area contributed by atoms with Crippen LogP contribution in [0.15, 0.2) is 35.5 Å². The summed E-state index contributed by atoms with van der Waals surface area (Å²) in [4.78, 5) is 22.8. The van der Waals surface area contributed by atoms with E-state index in [-0.39, 0.29) is 11.6 Å². The Morgan fingerprint density at radius 1 is 1.38 bits per heavy atom. The monoisotopic (exact) mass is 349 g/mol. The first-order chi connectivity index (χ1) is 11.3. The van der Waals surface area contributed by atoms with Crippen LogP contribution in [0.2, 0.25) is 0 Å². The second-order valence-electron chi connectivity index (χ2n) is 5.91. The topological polar surface area (TPSA) is 93.5 Å². The number of rotatable bonds is 5. The van der Waals surface area contributed by atoms with E-state index in [9.17, 15) is 14.9 Å². The van der Waals surface area contributed by atoms with Gasteiger partial charge >= 0.3 is 5.97 Å². The van der Waals surface area contributed by atoms with Crippen molar-refractivity contribution < 1.29 is 14.5 Å². The number of carbonyl (C=O) groups is 1. The summed E-state index contributed by atoms with van der Waals surface area (Å²) in [6, 6.07) is 5.49. The van der Waals surface area contributed by atoms with Gasteiger partial charge in [-0.2, -0.15) is 0 Å². The number of non-ortho nitro benzene ring substituents is 1. The van der Waals surface area contributed by atoms with Crippen molar-refractivity contribution in [3.63, 3.8) is 0 Å². The van der Waals surface area contributed by atoms with Crippen molar-refractivity contribution in [2.45, 2.75) is 26.8 Å². The number of hydrogen-bond acceptors (Lipinski definition) is 5. The van der Waals surface area contributed by atoms with Crippen LogP contribution in [0.5, 0.6) is 0 Å². The molecule has 2 N–H and O–H groups in total. The average molecular weight is 349 g/mol. The zero-order chi connectivity index (χ0) is 17.9. The number of carbonyl (C=O) groups excluding carboxylic acids is 1. The molecule has 7 nitrogen and oxygen atoms in total. The van der Waals surface area contributed by atoms with Gasteiger partial charge in [0.1, 0.15) is 0 Å². The largest absolute Gasteiger partial charge is 0.462 e. The van der Waals surface area contributed by atoms with Crippen LogP contribution in [0.4, 0.5) is 5.69 Å². The Morgan fingerprint density at radius 3 is 2.54 bits per heavy atom. The molecule has 1 heterocycles. The molecular formula is C16H19N3O4S. The van der Waals surface area contributed by atoms with Crippen molar-refractivity contribution >= 4 is 29.0 Å². The zero-order valence-electron chi connectivity index (χ0n) is 13.7. The minimum absolute atomic E-state index is 0.0140. The number of ether oxygens (including phenoxy) is 1. The first-order valence-corrected chi connectivity index (χ1v) is 7.90. The number of nitrogens with one attached hydrogen (secondary N) is 2. The molecule has 1 aliphatic heterocycles. The van der Waals surface area contributed by atoms with E-state index in [2.05, 4.69) is 10.6 Å². The number of esters is 1. The number of nitro benzene ring substituents is 1. The quantitative estimate of drug-likeness (QED) is 0.365. The van der Waals surface area contributed by atoms with Crippen LogP contribution < -0.4 is 10.6 Å². The summed E-state index contributed by atoms with van der Waals surface area (Å²) in [5.74, 6) is -0.217. The van der Waals surface area contributed by atoms with Gasteiger partial charge in [0, 0.05) is 17.8 Å². The summed E-state index contributed by atoms with van der Waals surface area (Å²) in [7, 11) is 0. The molecule has 0 aromatic heterocycles. The second kappa shape index (κ2) is 7.39. The first-order valence-electron chi connectivity index (χ1n) is 7.49. The molecule has 0 saturated heterocycles. The van der Waals surface area contributed by atoms with Crippen molar-refractivity contribution in [1.29, 1.82) is 0 Å². The third kappa shape index (κ3) is 4.08. The molecule has 0 fully saturated rings. The van der Waals surface area contributed by atoms with Crippen LogP contribution >= 0.6 is 12.2 Å². The molecule has 24 heavy (non-hydrogen) atoms. The number of nitrogens with zero attached hydrogens (tertiary/aromatic N) is 1. The number of thiocarbonyl (C=S) groups is 1. The normalized spacial score (nSPS) is 17.3. The van der Waals surface area contributed by atoms with Gasteiger partial charge in [-0.1, -0.05) is 13.8 Å². The average Bonchev–Trinajstić information content (AvgIpc) is 2.52. The Hall–Kier alpha value is -2.48. The molecule has 0 aliphatic carbocycles. The van der Waals surface area contributed by atoms with Crippen molar-refractivity contribution in [3.05, 3.63) is 51.2 Å². The van der Waals surface area contributed by atoms with Crippen molar-refractivity contribution in [1.82, 2.24) is 10.6 Å². The minimum atomic E-state index is -0.515. The molecule has 0 spiro atoms. The summed E-state index contributed by atoms with van der Waals surface area (Å²) in [5, 5.41) is 17.1. The highest BCUT2D eigenvalue weighted by Crippen LogP contribution is 2.29. The lowest BCUT2D eigenvalue weighted by Gasteiger charge is -2.30. The molecule has 1 aromatic rings. The van der Waals surface area contributed by atoms with Gasteiger partial charge in [0.15, 0.2) is 5.11 Å². The molecule has 0 radical (unpaired) electrons. The van der Waals surface area contributed by atoms with Gasteiger partial charge in [-0.25, -0.2) is 4.79 Å². The van der Waals surface area contributed by atoms with Crippen LogP contribution in [-0.4, -0.2) is 22.6 Å². The summed E-state index contributed by atoms with van der Waals surface area (Å²) < 4.78 is 5.33.